The van der Waals surface area contributed by atoms with Gasteiger partial charge in [-0.25, -0.2) is 0 Å². The molecular formula is C13H16BrN3O3. The molecule has 0 heterocycles. The zero-order valence-corrected chi connectivity index (χ0v) is 12.8. The van der Waals surface area contributed by atoms with Crippen molar-refractivity contribution in [1.29, 1.82) is 5.26 Å². The van der Waals surface area contributed by atoms with Crippen LogP contribution in [0.4, 0.5) is 5.69 Å². The molecule has 0 unspecified atom stereocenters. The molecule has 1 aromatic carbocycles. The average molecular weight is 342 g/mol. The van der Waals surface area contributed by atoms with E-state index in [4.69, 9.17) is 10.00 Å². The molecule has 0 aliphatic carbocycles. The Labute approximate surface area is 126 Å². The number of halogens is 1. The van der Waals surface area contributed by atoms with Gasteiger partial charge in [0.05, 0.1) is 22.1 Å². The van der Waals surface area contributed by atoms with Crippen LogP contribution in [0.25, 0.3) is 0 Å². The van der Waals surface area contributed by atoms with E-state index < -0.39 is 4.92 Å². The third-order valence-electron chi connectivity index (χ3n) is 2.76. The van der Waals surface area contributed by atoms with Crippen molar-refractivity contribution in [3.63, 3.8) is 0 Å². The second-order valence-corrected chi connectivity index (χ2v) is 5.07. The fourth-order valence-electron chi connectivity index (χ4n) is 1.75. The van der Waals surface area contributed by atoms with Crippen molar-refractivity contribution in [2.75, 3.05) is 26.8 Å². The van der Waals surface area contributed by atoms with Crippen molar-refractivity contribution in [2.24, 2.45) is 0 Å². The number of nitriles is 1. The van der Waals surface area contributed by atoms with Crippen molar-refractivity contribution in [3.8, 4) is 6.07 Å². The summed E-state index contributed by atoms with van der Waals surface area (Å²) < 4.78 is 5.50. The number of nitro benzene ring substituents is 1. The summed E-state index contributed by atoms with van der Waals surface area (Å²) in [6.07, 6.45) is 0.419. The van der Waals surface area contributed by atoms with E-state index in [9.17, 15) is 10.1 Å². The molecule has 0 fully saturated rings. The van der Waals surface area contributed by atoms with Crippen molar-refractivity contribution in [3.05, 3.63) is 38.3 Å². The van der Waals surface area contributed by atoms with E-state index in [1.54, 1.807) is 19.2 Å². The number of nitro groups is 1. The molecule has 0 aliphatic heterocycles. The van der Waals surface area contributed by atoms with Crippen LogP contribution in [-0.2, 0) is 11.3 Å². The highest BCUT2D eigenvalue weighted by molar-refractivity contribution is 9.10. The predicted molar refractivity (Wildman–Crippen MR) is 78.2 cm³/mol. The van der Waals surface area contributed by atoms with Crippen LogP contribution in [0.2, 0.25) is 0 Å². The lowest BCUT2D eigenvalue weighted by Gasteiger charge is -2.20. The number of rotatable bonds is 8. The Morgan fingerprint density at radius 3 is 2.85 bits per heavy atom. The SMILES string of the molecule is COCCN(CCC#N)Cc1ccc(Br)c([N+](=O)[O-])c1. The topological polar surface area (TPSA) is 79.4 Å². The zero-order chi connectivity index (χ0) is 15.0. The molecule has 1 rings (SSSR count). The van der Waals surface area contributed by atoms with Gasteiger partial charge in [-0.05, 0) is 27.6 Å². The van der Waals surface area contributed by atoms with Crippen molar-refractivity contribution < 1.29 is 9.66 Å². The Hall–Kier alpha value is -1.49. The Kier molecular flexibility index (Phi) is 7.15. The summed E-state index contributed by atoms with van der Waals surface area (Å²) in [5.74, 6) is 0. The van der Waals surface area contributed by atoms with Crippen LogP contribution in [0.3, 0.4) is 0 Å². The fourth-order valence-corrected chi connectivity index (χ4v) is 2.14. The summed E-state index contributed by atoms with van der Waals surface area (Å²) in [6.45, 7) is 2.41. The number of nitrogens with zero attached hydrogens (tertiary/aromatic N) is 3. The van der Waals surface area contributed by atoms with Crippen LogP contribution >= 0.6 is 15.9 Å². The molecule has 0 saturated heterocycles. The fraction of sp³-hybridized carbons (Fsp3) is 0.462. The summed E-state index contributed by atoms with van der Waals surface area (Å²) in [5, 5.41) is 19.6. The summed E-state index contributed by atoms with van der Waals surface area (Å²) >= 11 is 3.16. The summed E-state index contributed by atoms with van der Waals surface area (Å²) in [5.41, 5.74) is 0.892. The maximum absolute atomic E-state index is 10.9. The number of benzene rings is 1. The van der Waals surface area contributed by atoms with Crippen molar-refractivity contribution in [1.82, 2.24) is 4.90 Å². The van der Waals surface area contributed by atoms with Gasteiger partial charge in [0.2, 0.25) is 0 Å². The Balaban J connectivity index is 2.79. The highest BCUT2D eigenvalue weighted by Crippen LogP contribution is 2.26. The van der Waals surface area contributed by atoms with Crippen LogP contribution in [0.1, 0.15) is 12.0 Å². The monoisotopic (exact) mass is 341 g/mol. The maximum Gasteiger partial charge on any atom is 0.283 e. The largest absolute Gasteiger partial charge is 0.383 e. The van der Waals surface area contributed by atoms with Crippen LogP contribution in [0.15, 0.2) is 22.7 Å². The third kappa shape index (κ3) is 5.25. The van der Waals surface area contributed by atoms with Crippen LogP contribution in [0, 0.1) is 21.4 Å². The minimum absolute atomic E-state index is 0.0504. The normalized spacial score (nSPS) is 10.5. The van der Waals surface area contributed by atoms with Crippen LogP contribution in [-0.4, -0.2) is 36.6 Å². The van der Waals surface area contributed by atoms with Gasteiger partial charge >= 0.3 is 0 Å². The average Bonchev–Trinajstić information content (AvgIpc) is 2.43. The van der Waals surface area contributed by atoms with Crippen LogP contribution < -0.4 is 0 Å². The number of ether oxygens (including phenoxy) is 1. The lowest BCUT2D eigenvalue weighted by Crippen LogP contribution is -2.28. The maximum atomic E-state index is 10.9. The third-order valence-corrected chi connectivity index (χ3v) is 3.44. The van der Waals surface area contributed by atoms with E-state index in [-0.39, 0.29) is 5.69 Å². The van der Waals surface area contributed by atoms with Crippen molar-refractivity contribution >= 4 is 21.6 Å². The Morgan fingerprint density at radius 2 is 2.25 bits per heavy atom. The molecule has 0 atom stereocenters. The lowest BCUT2D eigenvalue weighted by molar-refractivity contribution is -0.385. The molecular weight excluding hydrogens is 326 g/mol. The van der Waals surface area contributed by atoms with Gasteiger partial charge in [0.15, 0.2) is 0 Å². The summed E-state index contributed by atoms with van der Waals surface area (Å²) in [7, 11) is 1.62. The van der Waals surface area contributed by atoms with Gasteiger partial charge < -0.3 is 4.74 Å². The molecule has 0 aromatic heterocycles. The Morgan fingerprint density at radius 1 is 1.50 bits per heavy atom. The first-order valence-electron chi connectivity index (χ1n) is 6.09. The van der Waals surface area contributed by atoms with E-state index in [1.165, 1.54) is 0 Å². The first-order chi connectivity index (χ1) is 9.58. The van der Waals surface area contributed by atoms with E-state index in [1.807, 2.05) is 11.0 Å². The minimum Gasteiger partial charge on any atom is -0.383 e. The summed E-state index contributed by atoms with van der Waals surface area (Å²) in [4.78, 5) is 12.5. The molecule has 7 heteroatoms. The van der Waals surface area contributed by atoms with E-state index in [2.05, 4.69) is 22.0 Å². The zero-order valence-electron chi connectivity index (χ0n) is 11.2. The molecule has 0 amide bonds. The molecule has 0 spiro atoms. The van der Waals surface area contributed by atoms with Crippen LogP contribution in [0.5, 0.6) is 0 Å². The summed E-state index contributed by atoms with van der Waals surface area (Å²) in [6, 6.07) is 7.16. The first kappa shape index (κ1) is 16.6. The highest BCUT2D eigenvalue weighted by Gasteiger charge is 2.14. The van der Waals surface area contributed by atoms with E-state index in [0.717, 1.165) is 5.56 Å². The van der Waals surface area contributed by atoms with Gasteiger partial charge in [0, 0.05) is 39.2 Å². The van der Waals surface area contributed by atoms with Gasteiger partial charge in [-0.1, -0.05) is 6.07 Å². The van der Waals surface area contributed by atoms with Crippen molar-refractivity contribution in [2.45, 2.75) is 13.0 Å². The number of hydrogen-bond acceptors (Lipinski definition) is 5. The molecule has 20 heavy (non-hydrogen) atoms. The Bertz CT molecular complexity index is 502. The number of hydrogen-bond donors (Lipinski definition) is 0. The highest BCUT2D eigenvalue weighted by atomic mass is 79.9. The molecule has 0 radical (unpaired) electrons. The predicted octanol–water partition coefficient (Wildman–Crippen LogP) is 2.72. The second kappa shape index (κ2) is 8.64. The molecule has 108 valence electrons. The standard InChI is InChI=1S/C13H16BrN3O3/c1-20-8-7-16(6-2-5-15)10-11-3-4-12(14)13(9-11)17(18)19/h3-4,9H,2,6-8,10H2,1H3. The molecule has 0 N–H and O–H groups in total. The molecule has 1 aromatic rings. The van der Waals surface area contributed by atoms with E-state index >= 15 is 0 Å². The lowest BCUT2D eigenvalue weighted by atomic mass is 10.2. The van der Waals surface area contributed by atoms with Gasteiger partial charge in [0.25, 0.3) is 5.69 Å². The number of methoxy groups -OCH3 is 1. The van der Waals surface area contributed by atoms with E-state index in [0.29, 0.717) is 37.1 Å². The first-order valence-corrected chi connectivity index (χ1v) is 6.89. The quantitative estimate of drug-likeness (QED) is 0.536. The smallest absolute Gasteiger partial charge is 0.283 e. The molecule has 6 nitrogen and oxygen atoms in total. The molecule has 0 bridgehead atoms. The van der Waals surface area contributed by atoms with Gasteiger partial charge in [-0.3, -0.25) is 15.0 Å². The molecule has 0 aliphatic rings. The minimum atomic E-state index is -0.414. The van der Waals surface area contributed by atoms with Gasteiger partial charge in [-0.15, -0.1) is 0 Å². The van der Waals surface area contributed by atoms with Gasteiger partial charge in [0.1, 0.15) is 0 Å². The molecule has 0 saturated carbocycles. The second-order valence-electron chi connectivity index (χ2n) is 4.22. The van der Waals surface area contributed by atoms with Gasteiger partial charge in [-0.2, -0.15) is 5.26 Å².